The Morgan fingerprint density at radius 2 is 1.75 bits per heavy atom. The molecule has 1 amide bonds. The van der Waals surface area contributed by atoms with Crippen LogP contribution in [0.4, 0.5) is 32.0 Å². The Hall–Kier alpha value is -2.57. The molecule has 1 aromatic carbocycles. The molecule has 4 rings (SSSR count). The molecular weight excluding hydrogens is 566 g/mol. The van der Waals surface area contributed by atoms with Gasteiger partial charge in [0, 0.05) is 39.0 Å². The summed E-state index contributed by atoms with van der Waals surface area (Å²) >= 11 is 0. The summed E-state index contributed by atoms with van der Waals surface area (Å²) < 4.78 is 112. The lowest BCUT2D eigenvalue weighted by Gasteiger charge is -2.36. The molecule has 0 bridgehead atoms. The van der Waals surface area contributed by atoms with Crippen molar-refractivity contribution in [2.75, 3.05) is 44.7 Å². The van der Waals surface area contributed by atoms with E-state index in [1.807, 2.05) is 6.07 Å². The van der Waals surface area contributed by atoms with Gasteiger partial charge in [-0.3, -0.25) is 9.69 Å². The Balaban J connectivity index is 1.59. The first-order valence-electron chi connectivity index (χ1n) is 12.7. The number of rotatable bonds is 7. The van der Waals surface area contributed by atoms with Crippen molar-refractivity contribution in [3.05, 3.63) is 23.8 Å². The number of methoxy groups -OCH3 is 1. The lowest BCUT2D eigenvalue weighted by molar-refractivity contribution is -0.146. The quantitative estimate of drug-likeness (QED) is 0.481. The van der Waals surface area contributed by atoms with Crippen LogP contribution in [0.1, 0.15) is 38.2 Å². The van der Waals surface area contributed by atoms with Gasteiger partial charge < -0.3 is 15.0 Å². The summed E-state index contributed by atoms with van der Waals surface area (Å²) in [5.74, 6) is -1.57. The SMILES string of the molecule is CO[C@H]1CC(C)(S(=O)(=O)c2ccc(N3CCN(CC(F)(F)F)CC3)cc2C(F)(F)F)CC1C(=O)NC1(C#N)CC1. The van der Waals surface area contributed by atoms with Crippen molar-refractivity contribution in [3.8, 4) is 6.07 Å². The van der Waals surface area contributed by atoms with Gasteiger partial charge in [0.05, 0.1) is 39.8 Å². The molecule has 15 heteroatoms. The number of carbonyl (C=O) groups is 1. The van der Waals surface area contributed by atoms with Crippen LogP contribution in [0, 0.1) is 17.2 Å². The second kappa shape index (κ2) is 10.4. The lowest BCUT2D eigenvalue weighted by Crippen LogP contribution is -2.49. The number of nitriles is 1. The van der Waals surface area contributed by atoms with Crippen LogP contribution in [0.25, 0.3) is 0 Å². The second-order valence-electron chi connectivity index (χ2n) is 11.0. The van der Waals surface area contributed by atoms with Crippen molar-refractivity contribution in [1.29, 1.82) is 5.26 Å². The minimum Gasteiger partial charge on any atom is -0.381 e. The Labute approximate surface area is 228 Å². The molecule has 3 fully saturated rings. The Morgan fingerprint density at radius 3 is 2.25 bits per heavy atom. The number of halogens is 6. The van der Waals surface area contributed by atoms with Gasteiger partial charge >= 0.3 is 12.4 Å². The van der Waals surface area contributed by atoms with Crippen molar-refractivity contribution >= 4 is 21.4 Å². The zero-order chi connectivity index (χ0) is 29.7. The van der Waals surface area contributed by atoms with Crippen LogP contribution >= 0.6 is 0 Å². The van der Waals surface area contributed by atoms with Gasteiger partial charge in [-0.2, -0.15) is 31.6 Å². The van der Waals surface area contributed by atoms with E-state index in [1.54, 1.807) is 0 Å². The van der Waals surface area contributed by atoms with Crippen molar-refractivity contribution in [1.82, 2.24) is 10.2 Å². The molecule has 3 aliphatic rings. The molecule has 1 N–H and O–H groups in total. The smallest absolute Gasteiger partial charge is 0.381 e. The van der Waals surface area contributed by atoms with Gasteiger partial charge in [-0.15, -0.1) is 0 Å². The number of hydrogen-bond acceptors (Lipinski definition) is 7. The van der Waals surface area contributed by atoms with Crippen LogP contribution in [0.2, 0.25) is 0 Å². The number of hydrogen-bond donors (Lipinski definition) is 1. The molecule has 8 nitrogen and oxygen atoms in total. The van der Waals surface area contributed by atoms with Gasteiger partial charge in [-0.25, -0.2) is 8.42 Å². The van der Waals surface area contributed by atoms with Gasteiger partial charge in [-0.05, 0) is 50.8 Å². The number of nitrogens with zero attached hydrogens (tertiary/aromatic N) is 3. The highest BCUT2D eigenvalue weighted by Gasteiger charge is 2.56. The fraction of sp³-hybridized carbons (Fsp3) is 0.680. The summed E-state index contributed by atoms with van der Waals surface area (Å²) in [7, 11) is -3.39. The maximum absolute atomic E-state index is 14.2. The zero-order valence-electron chi connectivity index (χ0n) is 21.9. The molecule has 0 radical (unpaired) electrons. The third kappa shape index (κ3) is 6.03. The first-order valence-corrected chi connectivity index (χ1v) is 14.2. The van der Waals surface area contributed by atoms with Gasteiger partial charge in [0.25, 0.3) is 0 Å². The highest BCUT2D eigenvalue weighted by molar-refractivity contribution is 7.92. The van der Waals surface area contributed by atoms with E-state index in [-0.39, 0.29) is 44.7 Å². The highest BCUT2D eigenvalue weighted by atomic mass is 32.2. The Bertz CT molecular complexity index is 1280. The molecule has 1 aromatic rings. The second-order valence-corrected chi connectivity index (χ2v) is 13.4. The molecule has 40 heavy (non-hydrogen) atoms. The summed E-state index contributed by atoms with van der Waals surface area (Å²) in [5, 5.41) is 11.9. The van der Waals surface area contributed by atoms with E-state index in [9.17, 15) is 44.8 Å². The highest BCUT2D eigenvalue weighted by Crippen LogP contribution is 2.48. The fourth-order valence-electron chi connectivity index (χ4n) is 5.55. The van der Waals surface area contributed by atoms with Crippen molar-refractivity contribution < 1.29 is 44.3 Å². The average Bonchev–Trinajstić information content (AvgIpc) is 3.54. The number of anilines is 1. The van der Waals surface area contributed by atoms with E-state index in [2.05, 4.69) is 5.32 Å². The monoisotopic (exact) mass is 596 g/mol. The van der Waals surface area contributed by atoms with Crippen LogP contribution in [0.5, 0.6) is 0 Å². The minimum absolute atomic E-state index is 0.0199. The standard InChI is InChI=1S/C25H30F6N4O4S/c1-22(12-17(19(13-22)39-2)21(36)33-23(14-32)5-6-23)40(37,38)20-4-3-16(11-18(20)25(29,30)31)35-9-7-34(8-10-35)15-24(26,27)28/h3-4,11,17,19H,5-10,12-13,15H2,1-2H3,(H,33,36)/t17?,19-,22?/m0/s1. The van der Waals surface area contributed by atoms with Crippen LogP contribution in [0.3, 0.4) is 0 Å². The topological polar surface area (TPSA) is 103 Å². The van der Waals surface area contributed by atoms with Gasteiger partial charge in [0.1, 0.15) is 5.54 Å². The summed E-state index contributed by atoms with van der Waals surface area (Å²) in [5.41, 5.74) is -2.34. The minimum atomic E-state index is -5.05. The average molecular weight is 597 g/mol. The summed E-state index contributed by atoms with van der Waals surface area (Å²) in [6, 6.07) is 4.83. The molecule has 3 atom stereocenters. The number of nitrogens with one attached hydrogen (secondary N) is 1. The molecule has 2 aliphatic carbocycles. The van der Waals surface area contributed by atoms with Crippen LogP contribution < -0.4 is 10.2 Å². The van der Waals surface area contributed by atoms with Crippen LogP contribution in [-0.4, -0.2) is 81.6 Å². The molecule has 0 spiro atoms. The normalized spacial score (nSPS) is 27.3. The maximum atomic E-state index is 14.2. The van der Waals surface area contributed by atoms with Crippen LogP contribution in [0.15, 0.2) is 23.1 Å². The van der Waals surface area contributed by atoms with E-state index >= 15 is 0 Å². The maximum Gasteiger partial charge on any atom is 0.417 e. The van der Waals surface area contributed by atoms with Gasteiger partial charge in [-0.1, -0.05) is 0 Å². The number of alkyl halides is 6. The number of sulfone groups is 1. The Morgan fingerprint density at radius 1 is 1.12 bits per heavy atom. The molecule has 1 aliphatic heterocycles. The van der Waals surface area contributed by atoms with E-state index in [0.717, 1.165) is 11.0 Å². The predicted molar refractivity (Wildman–Crippen MR) is 131 cm³/mol. The largest absolute Gasteiger partial charge is 0.417 e. The van der Waals surface area contributed by atoms with Gasteiger partial charge in [0.15, 0.2) is 9.84 Å². The van der Waals surface area contributed by atoms with E-state index in [0.29, 0.717) is 18.9 Å². The molecule has 222 valence electrons. The van der Waals surface area contributed by atoms with E-state index in [1.165, 1.54) is 25.0 Å². The molecule has 2 unspecified atom stereocenters. The summed E-state index contributed by atoms with van der Waals surface area (Å²) in [6.07, 6.45) is -9.97. The molecule has 0 aromatic heterocycles. The number of piperazine rings is 1. The van der Waals surface area contributed by atoms with Crippen molar-refractivity contribution in [2.24, 2.45) is 5.92 Å². The number of carbonyl (C=O) groups excluding carboxylic acids is 1. The molecule has 1 saturated heterocycles. The Kier molecular flexibility index (Phi) is 7.87. The third-order valence-corrected chi connectivity index (χ3v) is 10.6. The van der Waals surface area contributed by atoms with Gasteiger partial charge in [0.2, 0.25) is 5.91 Å². The third-order valence-electron chi connectivity index (χ3n) is 8.05. The van der Waals surface area contributed by atoms with Crippen molar-refractivity contribution in [3.63, 3.8) is 0 Å². The molecule has 1 heterocycles. The number of benzene rings is 1. The fourth-order valence-corrected chi connectivity index (χ4v) is 7.57. The van der Waals surface area contributed by atoms with Crippen molar-refractivity contribution in [2.45, 2.75) is 66.2 Å². The first kappa shape index (κ1) is 30.4. The van der Waals surface area contributed by atoms with E-state index in [4.69, 9.17) is 4.74 Å². The number of amides is 1. The van der Waals surface area contributed by atoms with E-state index < -0.39 is 67.4 Å². The first-order chi connectivity index (χ1) is 18.4. The lowest BCUT2D eigenvalue weighted by atomic mass is 10.0. The van der Waals surface area contributed by atoms with Crippen LogP contribution in [-0.2, 0) is 25.5 Å². The molecular formula is C25H30F6N4O4S. The number of ether oxygens (including phenoxy) is 1. The predicted octanol–water partition coefficient (Wildman–Crippen LogP) is 3.52. The summed E-state index contributed by atoms with van der Waals surface area (Å²) in [6.45, 7) is 0.194. The summed E-state index contributed by atoms with van der Waals surface area (Å²) in [4.78, 5) is 14.6. The zero-order valence-corrected chi connectivity index (χ0v) is 22.7. The molecule has 2 saturated carbocycles.